The standard InChI is InChI=1S/C16H13ClN2O/c1-10-7-8-11(13(17)9-10)15-18-14-6-4-3-5-12(14)16(20)19(15)2/h3-9H,1-2H3. The van der Waals surface area contributed by atoms with E-state index in [-0.39, 0.29) is 5.56 Å². The van der Waals surface area contributed by atoms with Gasteiger partial charge in [0.05, 0.1) is 15.9 Å². The zero-order chi connectivity index (χ0) is 14.3. The molecule has 0 saturated carbocycles. The van der Waals surface area contributed by atoms with Crippen molar-refractivity contribution in [2.24, 2.45) is 7.05 Å². The van der Waals surface area contributed by atoms with Crippen LogP contribution in [0.15, 0.2) is 47.3 Å². The number of hydrogen-bond donors (Lipinski definition) is 0. The molecule has 0 unspecified atom stereocenters. The van der Waals surface area contributed by atoms with E-state index >= 15 is 0 Å². The third kappa shape index (κ3) is 2.00. The molecular formula is C16H13ClN2O. The Morgan fingerprint density at radius 2 is 1.90 bits per heavy atom. The van der Waals surface area contributed by atoms with Crippen molar-refractivity contribution in [1.82, 2.24) is 9.55 Å². The van der Waals surface area contributed by atoms with Crippen LogP contribution >= 0.6 is 11.6 Å². The smallest absolute Gasteiger partial charge is 0.261 e. The van der Waals surface area contributed by atoms with Crippen LogP contribution < -0.4 is 5.56 Å². The number of nitrogens with zero attached hydrogens (tertiary/aromatic N) is 2. The van der Waals surface area contributed by atoms with Crippen LogP contribution in [0.3, 0.4) is 0 Å². The molecule has 0 amide bonds. The van der Waals surface area contributed by atoms with Crippen molar-refractivity contribution in [2.75, 3.05) is 0 Å². The molecular weight excluding hydrogens is 272 g/mol. The van der Waals surface area contributed by atoms with Crippen LogP contribution in [-0.4, -0.2) is 9.55 Å². The molecule has 0 aliphatic rings. The minimum absolute atomic E-state index is 0.0674. The second-order valence-electron chi connectivity index (χ2n) is 4.80. The molecule has 1 aromatic heterocycles. The molecule has 3 rings (SSSR count). The van der Waals surface area contributed by atoms with Crippen molar-refractivity contribution in [3.05, 3.63) is 63.4 Å². The Hall–Kier alpha value is -2.13. The van der Waals surface area contributed by atoms with Crippen molar-refractivity contribution in [3.63, 3.8) is 0 Å². The predicted molar refractivity (Wildman–Crippen MR) is 82.2 cm³/mol. The Morgan fingerprint density at radius 1 is 1.15 bits per heavy atom. The van der Waals surface area contributed by atoms with E-state index in [1.165, 1.54) is 0 Å². The van der Waals surface area contributed by atoms with Gasteiger partial charge in [0.2, 0.25) is 0 Å². The van der Waals surface area contributed by atoms with Gasteiger partial charge in [-0.1, -0.05) is 29.8 Å². The number of halogens is 1. The molecule has 0 saturated heterocycles. The van der Waals surface area contributed by atoms with Gasteiger partial charge in [0.1, 0.15) is 5.82 Å². The molecule has 0 radical (unpaired) electrons. The van der Waals surface area contributed by atoms with Gasteiger partial charge < -0.3 is 0 Å². The average Bonchev–Trinajstić information content (AvgIpc) is 2.43. The van der Waals surface area contributed by atoms with Gasteiger partial charge in [0.25, 0.3) is 5.56 Å². The number of para-hydroxylation sites is 1. The summed E-state index contributed by atoms with van der Waals surface area (Å²) < 4.78 is 1.54. The first-order valence-corrected chi connectivity index (χ1v) is 6.68. The molecule has 1 heterocycles. The van der Waals surface area contributed by atoms with Crippen LogP contribution in [0, 0.1) is 6.92 Å². The summed E-state index contributed by atoms with van der Waals surface area (Å²) in [5.41, 5.74) is 2.46. The van der Waals surface area contributed by atoms with Gasteiger partial charge in [-0.3, -0.25) is 9.36 Å². The Morgan fingerprint density at radius 3 is 2.65 bits per heavy atom. The molecule has 2 aromatic carbocycles. The maximum Gasteiger partial charge on any atom is 0.261 e. The van der Waals surface area contributed by atoms with Crippen LogP contribution in [0.2, 0.25) is 5.02 Å². The van der Waals surface area contributed by atoms with Crippen LogP contribution in [0.1, 0.15) is 5.56 Å². The van der Waals surface area contributed by atoms with E-state index in [9.17, 15) is 4.79 Å². The van der Waals surface area contributed by atoms with Crippen molar-refractivity contribution >= 4 is 22.5 Å². The second kappa shape index (κ2) is 4.76. The van der Waals surface area contributed by atoms with Crippen LogP contribution in [0.4, 0.5) is 0 Å². The summed E-state index contributed by atoms with van der Waals surface area (Å²) in [6.45, 7) is 1.97. The topological polar surface area (TPSA) is 34.9 Å². The van der Waals surface area contributed by atoms with Crippen molar-refractivity contribution < 1.29 is 0 Å². The summed E-state index contributed by atoms with van der Waals surface area (Å²) in [7, 11) is 1.72. The van der Waals surface area contributed by atoms with Crippen LogP contribution in [0.25, 0.3) is 22.3 Å². The first-order valence-electron chi connectivity index (χ1n) is 6.30. The van der Waals surface area contributed by atoms with E-state index in [4.69, 9.17) is 11.6 Å². The highest BCUT2D eigenvalue weighted by atomic mass is 35.5. The van der Waals surface area contributed by atoms with E-state index in [0.29, 0.717) is 21.7 Å². The Labute approximate surface area is 121 Å². The molecule has 0 aliphatic heterocycles. The molecule has 0 N–H and O–H groups in total. The van der Waals surface area contributed by atoms with Crippen LogP contribution in [-0.2, 0) is 7.05 Å². The van der Waals surface area contributed by atoms with Crippen molar-refractivity contribution in [2.45, 2.75) is 6.92 Å². The summed E-state index contributed by atoms with van der Waals surface area (Å²) in [6.07, 6.45) is 0. The number of fused-ring (bicyclic) bond motifs is 1. The van der Waals surface area contributed by atoms with Gasteiger partial charge in [-0.2, -0.15) is 0 Å². The maximum absolute atomic E-state index is 12.4. The highest BCUT2D eigenvalue weighted by Crippen LogP contribution is 2.27. The van der Waals surface area contributed by atoms with Gasteiger partial charge in [0.15, 0.2) is 0 Å². The first kappa shape index (κ1) is 12.9. The summed E-state index contributed by atoms with van der Waals surface area (Å²) in [4.78, 5) is 17.0. The van der Waals surface area contributed by atoms with Gasteiger partial charge in [-0.05, 0) is 36.8 Å². The second-order valence-corrected chi connectivity index (χ2v) is 5.21. The van der Waals surface area contributed by atoms with Gasteiger partial charge in [0, 0.05) is 12.6 Å². The number of rotatable bonds is 1. The van der Waals surface area contributed by atoms with E-state index in [1.807, 2.05) is 43.3 Å². The SMILES string of the molecule is Cc1ccc(-c2nc3ccccc3c(=O)n2C)c(Cl)c1. The van der Waals surface area contributed by atoms with E-state index in [2.05, 4.69) is 4.98 Å². The van der Waals surface area contributed by atoms with Crippen molar-refractivity contribution in [1.29, 1.82) is 0 Å². The Kier molecular flexibility index (Phi) is 3.07. The molecule has 100 valence electrons. The number of aryl methyl sites for hydroxylation is 1. The lowest BCUT2D eigenvalue weighted by Gasteiger charge is -2.11. The third-order valence-corrected chi connectivity index (χ3v) is 3.66. The Bertz CT molecular complexity index is 868. The molecule has 0 spiro atoms. The minimum atomic E-state index is -0.0674. The average molecular weight is 285 g/mol. The summed E-state index contributed by atoms with van der Waals surface area (Å²) in [5, 5.41) is 1.21. The normalized spacial score (nSPS) is 10.9. The molecule has 20 heavy (non-hydrogen) atoms. The maximum atomic E-state index is 12.4. The largest absolute Gasteiger partial charge is 0.295 e. The highest BCUT2D eigenvalue weighted by molar-refractivity contribution is 6.33. The lowest BCUT2D eigenvalue weighted by molar-refractivity contribution is 0.856. The summed E-state index contributed by atoms with van der Waals surface area (Å²) >= 11 is 6.28. The van der Waals surface area contributed by atoms with Gasteiger partial charge >= 0.3 is 0 Å². The zero-order valence-electron chi connectivity index (χ0n) is 11.2. The molecule has 3 nitrogen and oxygen atoms in total. The monoisotopic (exact) mass is 284 g/mol. The van der Waals surface area contributed by atoms with E-state index < -0.39 is 0 Å². The summed E-state index contributed by atoms with van der Waals surface area (Å²) in [6, 6.07) is 13.1. The van der Waals surface area contributed by atoms with Crippen molar-refractivity contribution in [3.8, 4) is 11.4 Å². The van der Waals surface area contributed by atoms with Crippen LogP contribution in [0.5, 0.6) is 0 Å². The fourth-order valence-electron chi connectivity index (χ4n) is 2.26. The number of aromatic nitrogens is 2. The lowest BCUT2D eigenvalue weighted by Crippen LogP contribution is -2.20. The molecule has 0 aliphatic carbocycles. The predicted octanol–water partition coefficient (Wildman–Crippen LogP) is 3.56. The third-order valence-electron chi connectivity index (χ3n) is 3.35. The zero-order valence-corrected chi connectivity index (χ0v) is 12.0. The number of hydrogen-bond acceptors (Lipinski definition) is 2. The molecule has 0 atom stereocenters. The summed E-state index contributed by atoms with van der Waals surface area (Å²) in [5.74, 6) is 0.582. The molecule has 0 bridgehead atoms. The fraction of sp³-hybridized carbons (Fsp3) is 0.125. The Balaban J connectivity index is 2.37. The lowest BCUT2D eigenvalue weighted by atomic mass is 10.1. The molecule has 4 heteroatoms. The fourth-order valence-corrected chi connectivity index (χ4v) is 2.58. The minimum Gasteiger partial charge on any atom is -0.295 e. The van der Waals surface area contributed by atoms with E-state index in [1.54, 1.807) is 17.7 Å². The highest BCUT2D eigenvalue weighted by Gasteiger charge is 2.12. The number of benzene rings is 2. The van der Waals surface area contributed by atoms with Gasteiger partial charge in [-0.15, -0.1) is 0 Å². The quantitative estimate of drug-likeness (QED) is 0.685. The van der Waals surface area contributed by atoms with E-state index in [0.717, 1.165) is 11.1 Å². The van der Waals surface area contributed by atoms with Gasteiger partial charge in [-0.25, -0.2) is 4.98 Å². The first-order chi connectivity index (χ1) is 9.58. The molecule has 3 aromatic rings. The molecule has 0 fully saturated rings.